The smallest absolute Gasteiger partial charge is 0.302 e. The van der Waals surface area contributed by atoms with E-state index in [0.717, 1.165) is 6.42 Å². The minimum absolute atomic E-state index is 0.223. The largest absolute Gasteiger partial charge is 0.466 e. The quantitative estimate of drug-likeness (QED) is 0.734. The van der Waals surface area contributed by atoms with Crippen molar-refractivity contribution in [2.45, 2.75) is 13.3 Å². The van der Waals surface area contributed by atoms with Crippen LogP contribution < -0.4 is 0 Å². The standard InChI is InChI=1S/C14H14O2/c1-11(15)16-10-9-12-5-7-13-3-2-4-14(13)8-6-12/h2-8H,9-10H2,1H3. The Labute approximate surface area is 95.2 Å². The molecule has 0 aliphatic heterocycles. The molecule has 82 valence electrons. The molecule has 2 rings (SSSR count). The molecule has 0 unspecified atom stereocenters. The zero-order valence-corrected chi connectivity index (χ0v) is 9.27. The zero-order valence-electron chi connectivity index (χ0n) is 9.27. The maximum Gasteiger partial charge on any atom is 0.302 e. The van der Waals surface area contributed by atoms with E-state index in [1.54, 1.807) is 0 Å². The van der Waals surface area contributed by atoms with Crippen LogP contribution in [-0.4, -0.2) is 12.6 Å². The van der Waals surface area contributed by atoms with Crippen LogP contribution in [-0.2, 0) is 16.0 Å². The summed E-state index contributed by atoms with van der Waals surface area (Å²) < 4.78 is 4.92. The molecule has 0 atom stereocenters. The van der Waals surface area contributed by atoms with Gasteiger partial charge in [0.2, 0.25) is 0 Å². The zero-order chi connectivity index (χ0) is 11.4. The van der Waals surface area contributed by atoms with Crippen molar-refractivity contribution in [3.05, 3.63) is 48.0 Å². The first kappa shape index (κ1) is 10.7. The second-order valence-electron chi connectivity index (χ2n) is 3.77. The van der Waals surface area contributed by atoms with Crippen LogP contribution in [0.15, 0.2) is 42.5 Å². The highest BCUT2D eigenvalue weighted by Gasteiger charge is 2.00. The highest BCUT2D eigenvalue weighted by molar-refractivity contribution is 5.66. The number of hydrogen-bond donors (Lipinski definition) is 0. The van der Waals surface area contributed by atoms with Crippen LogP contribution >= 0.6 is 0 Å². The summed E-state index contributed by atoms with van der Waals surface area (Å²) in [6, 6.07) is 14.6. The molecule has 0 N–H and O–H groups in total. The van der Waals surface area contributed by atoms with Crippen LogP contribution in [0.2, 0.25) is 0 Å². The Hall–Kier alpha value is -1.83. The Morgan fingerprint density at radius 1 is 1.06 bits per heavy atom. The van der Waals surface area contributed by atoms with Gasteiger partial charge in [0, 0.05) is 13.3 Å². The van der Waals surface area contributed by atoms with Gasteiger partial charge < -0.3 is 4.74 Å². The highest BCUT2D eigenvalue weighted by Crippen LogP contribution is 2.21. The fourth-order valence-corrected chi connectivity index (χ4v) is 1.68. The first-order valence-electron chi connectivity index (χ1n) is 5.37. The lowest BCUT2D eigenvalue weighted by Gasteiger charge is -1.99. The summed E-state index contributed by atoms with van der Waals surface area (Å²) in [5.74, 6) is -0.223. The van der Waals surface area contributed by atoms with Gasteiger partial charge in [-0.05, 0) is 16.7 Å². The van der Waals surface area contributed by atoms with E-state index in [0.29, 0.717) is 6.61 Å². The van der Waals surface area contributed by atoms with Gasteiger partial charge in [-0.1, -0.05) is 42.5 Å². The molecule has 0 bridgehead atoms. The number of esters is 1. The second-order valence-corrected chi connectivity index (χ2v) is 3.77. The molecule has 0 spiro atoms. The van der Waals surface area contributed by atoms with E-state index in [1.165, 1.54) is 23.6 Å². The minimum Gasteiger partial charge on any atom is -0.466 e. The van der Waals surface area contributed by atoms with Gasteiger partial charge in [-0.2, -0.15) is 0 Å². The molecule has 0 radical (unpaired) electrons. The molecule has 0 saturated heterocycles. The molecule has 0 aromatic carbocycles. The number of hydrogen-bond acceptors (Lipinski definition) is 2. The summed E-state index contributed by atoms with van der Waals surface area (Å²) in [5.41, 5.74) is 3.65. The Morgan fingerprint density at radius 3 is 2.25 bits per heavy atom. The van der Waals surface area contributed by atoms with Crippen LogP contribution in [0.25, 0.3) is 11.1 Å². The molecule has 0 aromatic heterocycles. The average Bonchev–Trinajstić information content (AvgIpc) is 2.61. The molecule has 0 aromatic rings. The maximum absolute atomic E-state index is 10.6. The van der Waals surface area contributed by atoms with Crippen molar-refractivity contribution in [2.75, 3.05) is 6.61 Å². The third-order valence-electron chi connectivity index (χ3n) is 2.53. The van der Waals surface area contributed by atoms with Crippen LogP contribution in [0.3, 0.4) is 0 Å². The Kier molecular flexibility index (Phi) is 3.20. The number of fused-ring (bicyclic) bond motifs is 1. The van der Waals surface area contributed by atoms with Crippen molar-refractivity contribution in [3.63, 3.8) is 0 Å². The maximum atomic E-state index is 10.6. The monoisotopic (exact) mass is 214 g/mol. The van der Waals surface area contributed by atoms with Crippen molar-refractivity contribution >= 4 is 5.97 Å². The normalized spacial score (nSPS) is 10.3. The third-order valence-corrected chi connectivity index (χ3v) is 2.53. The van der Waals surface area contributed by atoms with Gasteiger partial charge in [-0.3, -0.25) is 4.79 Å². The molecule has 2 aliphatic carbocycles. The van der Waals surface area contributed by atoms with Crippen molar-refractivity contribution in [2.24, 2.45) is 0 Å². The Balaban J connectivity index is 2.07. The summed E-state index contributed by atoms with van der Waals surface area (Å²) >= 11 is 0. The molecule has 2 nitrogen and oxygen atoms in total. The molecule has 0 amide bonds. The first-order valence-corrected chi connectivity index (χ1v) is 5.37. The summed E-state index contributed by atoms with van der Waals surface area (Å²) in [7, 11) is 0. The van der Waals surface area contributed by atoms with E-state index in [-0.39, 0.29) is 5.97 Å². The van der Waals surface area contributed by atoms with Gasteiger partial charge in [0.15, 0.2) is 0 Å². The van der Waals surface area contributed by atoms with E-state index in [1.807, 2.05) is 6.07 Å². The number of ether oxygens (including phenoxy) is 1. The highest BCUT2D eigenvalue weighted by atomic mass is 16.5. The van der Waals surface area contributed by atoms with Gasteiger partial charge in [0.05, 0.1) is 6.61 Å². The summed E-state index contributed by atoms with van der Waals surface area (Å²) in [6.45, 7) is 1.88. The van der Waals surface area contributed by atoms with Gasteiger partial charge in [0.25, 0.3) is 0 Å². The number of carbonyl (C=O) groups excluding carboxylic acids is 1. The van der Waals surface area contributed by atoms with Gasteiger partial charge >= 0.3 is 5.97 Å². The average molecular weight is 214 g/mol. The van der Waals surface area contributed by atoms with Crippen molar-refractivity contribution in [3.8, 4) is 11.1 Å². The molecule has 0 saturated carbocycles. The van der Waals surface area contributed by atoms with E-state index < -0.39 is 0 Å². The van der Waals surface area contributed by atoms with Gasteiger partial charge in [0.1, 0.15) is 0 Å². The van der Waals surface area contributed by atoms with Crippen molar-refractivity contribution in [1.82, 2.24) is 0 Å². The molecular formula is C14H14O2. The lowest BCUT2D eigenvalue weighted by atomic mass is 10.2. The Morgan fingerprint density at radius 2 is 1.69 bits per heavy atom. The lowest BCUT2D eigenvalue weighted by Crippen LogP contribution is -2.02. The number of carbonyl (C=O) groups is 1. The topological polar surface area (TPSA) is 26.3 Å². The Bertz CT molecular complexity index is 432. The fourth-order valence-electron chi connectivity index (χ4n) is 1.68. The fraction of sp³-hybridized carbons (Fsp3) is 0.214. The number of rotatable bonds is 3. The molecular weight excluding hydrogens is 200 g/mol. The molecule has 2 heteroatoms. The molecule has 2 aliphatic rings. The van der Waals surface area contributed by atoms with E-state index in [9.17, 15) is 4.79 Å². The van der Waals surface area contributed by atoms with E-state index in [2.05, 4.69) is 36.4 Å². The molecule has 0 heterocycles. The summed E-state index contributed by atoms with van der Waals surface area (Å²) in [6.07, 6.45) is 0.761. The SMILES string of the molecule is CC(=O)OCCc1ccc2cccc-2cc1. The summed E-state index contributed by atoms with van der Waals surface area (Å²) in [4.78, 5) is 10.6. The summed E-state index contributed by atoms with van der Waals surface area (Å²) in [5, 5.41) is 0. The predicted molar refractivity (Wildman–Crippen MR) is 63.4 cm³/mol. The van der Waals surface area contributed by atoms with Crippen LogP contribution in [0.1, 0.15) is 12.5 Å². The predicted octanol–water partition coefficient (Wildman–Crippen LogP) is 2.90. The van der Waals surface area contributed by atoms with Crippen LogP contribution in [0, 0.1) is 0 Å². The van der Waals surface area contributed by atoms with Gasteiger partial charge in [-0.15, -0.1) is 0 Å². The lowest BCUT2D eigenvalue weighted by molar-refractivity contribution is -0.140. The third kappa shape index (κ3) is 2.60. The van der Waals surface area contributed by atoms with Crippen LogP contribution in [0.5, 0.6) is 0 Å². The van der Waals surface area contributed by atoms with Gasteiger partial charge in [-0.25, -0.2) is 0 Å². The van der Waals surface area contributed by atoms with Crippen LogP contribution in [0.4, 0.5) is 0 Å². The minimum atomic E-state index is -0.223. The first-order chi connectivity index (χ1) is 7.75. The van der Waals surface area contributed by atoms with Crippen molar-refractivity contribution < 1.29 is 9.53 Å². The van der Waals surface area contributed by atoms with E-state index in [4.69, 9.17) is 4.74 Å². The second kappa shape index (κ2) is 4.79. The molecule has 0 fully saturated rings. The van der Waals surface area contributed by atoms with E-state index >= 15 is 0 Å². The molecule has 16 heavy (non-hydrogen) atoms. The van der Waals surface area contributed by atoms with Crippen molar-refractivity contribution in [1.29, 1.82) is 0 Å².